The summed E-state index contributed by atoms with van der Waals surface area (Å²) in [6, 6.07) is 6.57. The first kappa shape index (κ1) is 11.6. The topological polar surface area (TPSA) is 46.2 Å². The molecule has 2 rings (SSSR count). The third-order valence-electron chi connectivity index (χ3n) is 3.89. The van der Waals surface area contributed by atoms with E-state index < -0.39 is 0 Å². The molecular weight excluding hydrogens is 205 g/mol. The third-order valence-corrected chi connectivity index (χ3v) is 3.89. The van der Waals surface area contributed by atoms with Crippen LogP contribution in [0.3, 0.4) is 0 Å². The van der Waals surface area contributed by atoms with Gasteiger partial charge in [0, 0.05) is 17.9 Å². The van der Waals surface area contributed by atoms with Crippen molar-refractivity contribution in [1.29, 1.82) is 0 Å². The molecule has 0 spiro atoms. The molecule has 0 radical (unpaired) electrons. The second-order valence-electron chi connectivity index (χ2n) is 4.72. The zero-order chi connectivity index (χ0) is 11.6. The van der Waals surface area contributed by atoms with Gasteiger partial charge in [0.05, 0.1) is 0 Å². The van der Waals surface area contributed by atoms with Crippen LogP contribution in [-0.2, 0) is 0 Å². The Kier molecular flexibility index (Phi) is 3.26. The minimum absolute atomic E-state index is 0.0712. The number of aliphatic hydroxyl groups is 1. The lowest BCUT2D eigenvalue weighted by atomic mass is 9.60. The normalized spacial score (nSPS) is 20.2. The van der Waals surface area contributed by atoms with Crippen molar-refractivity contribution < 1.29 is 9.50 Å². The monoisotopic (exact) mass is 223 g/mol. The third kappa shape index (κ3) is 1.85. The van der Waals surface area contributed by atoms with E-state index in [1.54, 1.807) is 6.07 Å². The fraction of sp³-hybridized carbons (Fsp3) is 0.538. The van der Waals surface area contributed by atoms with Gasteiger partial charge >= 0.3 is 0 Å². The van der Waals surface area contributed by atoms with E-state index in [9.17, 15) is 9.50 Å². The molecule has 16 heavy (non-hydrogen) atoms. The molecule has 0 bridgehead atoms. The summed E-state index contributed by atoms with van der Waals surface area (Å²) in [5.74, 6) is -0.162. The molecule has 3 N–H and O–H groups in total. The van der Waals surface area contributed by atoms with Crippen molar-refractivity contribution >= 4 is 0 Å². The Labute approximate surface area is 95.3 Å². The van der Waals surface area contributed by atoms with Gasteiger partial charge in [0.1, 0.15) is 5.82 Å². The van der Waals surface area contributed by atoms with E-state index in [1.165, 1.54) is 12.1 Å². The highest BCUT2D eigenvalue weighted by Gasteiger charge is 2.43. The summed E-state index contributed by atoms with van der Waals surface area (Å²) in [5.41, 5.74) is 6.60. The summed E-state index contributed by atoms with van der Waals surface area (Å²) in [7, 11) is 0. The lowest BCUT2D eigenvalue weighted by Gasteiger charge is -2.46. The Morgan fingerprint density at radius 1 is 1.44 bits per heavy atom. The molecule has 0 heterocycles. The Morgan fingerprint density at radius 2 is 2.19 bits per heavy atom. The van der Waals surface area contributed by atoms with E-state index in [-0.39, 0.29) is 23.8 Å². The smallest absolute Gasteiger partial charge is 0.123 e. The van der Waals surface area contributed by atoms with Gasteiger partial charge in [-0.3, -0.25) is 0 Å². The van der Waals surface area contributed by atoms with E-state index in [2.05, 4.69) is 0 Å². The van der Waals surface area contributed by atoms with Crippen molar-refractivity contribution in [2.24, 2.45) is 11.1 Å². The zero-order valence-electron chi connectivity index (χ0n) is 9.32. The fourth-order valence-electron chi connectivity index (χ4n) is 2.71. The van der Waals surface area contributed by atoms with Crippen LogP contribution in [0.25, 0.3) is 0 Å². The number of nitrogens with two attached hydrogens (primary N) is 1. The quantitative estimate of drug-likeness (QED) is 0.820. The first-order valence-electron chi connectivity index (χ1n) is 5.78. The molecule has 2 nitrogen and oxygen atoms in total. The first-order valence-corrected chi connectivity index (χ1v) is 5.78. The highest BCUT2D eigenvalue weighted by atomic mass is 19.1. The van der Waals surface area contributed by atoms with E-state index in [1.807, 2.05) is 6.07 Å². The summed E-state index contributed by atoms with van der Waals surface area (Å²) in [6.45, 7) is 0.607. The largest absolute Gasteiger partial charge is 0.396 e. The van der Waals surface area contributed by atoms with Crippen LogP contribution in [0.4, 0.5) is 4.39 Å². The number of aliphatic hydroxyl groups excluding tert-OH is 1. The minimum Gasteiger partial charge on any atom is -0.396 e. The number of hydrogen-bond acceptors (Lipinski definition) is 2. The minimum atomic E-state index is -0.233. The Morgan fingerprint density at radius 3 is 2.62 bits per heavy atom. The Bertz CT molecular complexity index is 357. The molecule has 0 aromatic heterocycles. The summed E-state index contributed by atoms with van der Waals surface area (Å²) < 4.78 is 13.2. The van der Waals surface area contributed by atoms with Crippen LogP contribution >= 0.6 is 0 Å². The number of hydrogen-bond donors (Lipinski definition) is 2. The van der Waals surface area contributed by atoms with Crippen molar-refractivity contribution in [2.45, 2.75) is 25.2 Å². The van der Waals surface area contributed by atoms with Gasteiger partial charge in [0.15, 0.2) is 0 Å². The highest BCUT2D eigenvalue weighted by Crippen LogP contribution is 2.50. The lowest BCUT2D eigenvalue weighted by Crippen LogP contribution is -2.42. The summed E-state index contributed by atoms with van der Waals surface area (Å²) in [5, 5.41) is 9.52. The summed E-state index contributed by atoms with van der Waals surface area (Å²) >= 11 is 0. The summed E-state index contributed by atoms with van der Waals surface area (Å²) in [4.78, 5) is 0. The van der Waals surface area contributed by atoms with Crippen molar-refractivity contribution in [3.8, 4) is 0 Å². The fourth-order valence-corrected chi connectivity index (χ4v) is 2.71. The maximum atomic E-state index is 13.2. The van der Waals surface area contributed by atoms with Gasteiger partial charge in [-0.15, -0.1) is 0 Å². The molecule has 0 saturated heterocycles. The van der Waals surface area contributed by atoms with Crippen LogP contribution in [-0.4, -0.2) is 18.3 Å². The van der Waals surface area contributed by atoms with Crippen molar-refractivity contribution in [3.05, 3.63) is 35.6 Å². The van der Waals surface area contributed by atoms with Gasteiger partial charge in [0.2, 0.25) is 0 Å². The molecule has 1 aromatic carbocycles. The van der Waals surface area contributed by atoms with Gasteiger partial charge in [-0.05, 0) is 37.1 Å². The molecule has 0 unspecified atom stereocenters. The van der Waals surface area contributed by atoms with Gasteiger partial charge in [0.25, 0.3) is 0 Å². The molecule has 1 aliphatic carbocycles. The van der Waals surface area contributed by atoms with Gasteiger partial charge in [-0.2, -0.15) is 0 Å². The van der Waals surface area contributed by atoms with E-state index in [4.69, 9.17) is 5.73 Å². The number of benzene rings is 1. The predicted molar refractivity (Wildman–Crippen MR) is 61.6 cm³/mol. The van der Waals surface area contributed by atoms with E-state index in [0.29, 0.717) is 6.54 Å². The molecule has 0 amide bonds. The van der Waals surface area contributed by atoms with E-state index >= 15 is 0 Å². The second kappa shape index (κ2) is 4.52. The van der Waals surface area contributed by atoms with Crippen LogP contribution in [0.1, 0.15) is 30.7 Å². The molecular formula is C13H18FNO. The van der Waals surface area contributed by atoms with Crippen LogP contribution in [0, 0.1) is 11.2 Å². The van der Waals surface area contributed by atoms with Crippen LogP contribution in [0.5, 0.6) is 0 Å². The van der Waals surface area contributed by atoms with Gasteiger partial charge in [-0.25, -0.2) is 4.39 Å². The highest BCUT2D eigenvalue weighted by molar-refractivity contribution is 5.24. The Balaban J connectivity index is 2.28. The van der Waals surface area contributed by atoms with Gasteiger partial charge < -0.3 is 10.8 Å². The molecule has 3 heteroatoms. The molecule has 1 aliphatic rings. The van der Waals surface area contributed by atoms with Crippen molar-refractivity contribution in [2.75, 3.05) is 13.2 Å². The standard InChI is InChI=1S/C13H18FNO/c14-11-4-1-3-10(7-11)12(8-15)13(9-16)5-2-6-13/h1,3-4,7,12,16H,2,5-6,8-9,15H2/t12-/m1/s1. The molecule has 1 saturated carbocycles. The van der Waals surface area contributed by atoms with Crippen LogP contribution in [0.2, 0.25) is 0 Å². The van der Waals surface area contributed by atoms with Crippen molar-refractivity contribution in [3.63, 3.8) is 0 Å². The van der Waals surface area contributed by atoms with Crippen LogP contribution in [0.15, 0.2) is 24.3 Å². The molecule has 0 aliphatic heterocycles. The van der Waals surface area contributed by atoms with Crippen molar-refractivity contribution in [1.82, 2.24) is 0 Å². The first-order chi connectivity index (χ1) is 7.72. The summed E-state index contributed by atoms with van der Waals surface area (Å²) in [6.07, 6.45) is 3.11. The Hall–Kier alpha value is -0.930. The number of halogens is 1. The zero-order valence-corrected chi connectivity index (χ0v) is 9.32. The van der Waals surface area contributed by atoms with Gasteiger partial charge in [-0.1, -0.05) is 18.6 Å². The van der Waals surface area contributed by atoms with Crippen LogP contribution < -0.4 is 5.73 Å². The average Bonchev–Trinajstić information content (AvgIpc) is 2.23. The predicted octanol–water partition coefficient (Wildman–Crippen LogP) is 2.03. The maximum Gasteiger partial charge on any atom is 0.123 e. The molecule has 1 aromatic rings. The lowest BCUT2D eigenvalue weighted by molar-refractivity contribution is 0.0191. The SMILES string of the molecule is NC[C@H](c1cccc(F)c1)C1(CO)CCC1. The molecule has 1 atom stereocenters. The second-order valence-corrected chi connectivity index (χ2v) is 4.72. The maximum absolute atomic E-state index is 13.2. The molecule has 1 fully saturated rings. The average molecular weight is 223 g/mol. The number of rotatable bonds is 4. The molecule has 88 valence electrons. The van der Waals surface area contributed by atoms with E-state index in [0.717, 1.165) is 24.8 Å².